The Morgan fingerprint density at radius 2 is 1.72 bits per heavy atom. The van der Waals surface area contributed by atoms with Crippen LogP contribution in [0.2, 0.25) is 0 Å². The van der Waals surface area contributed by atoms with E-state index in [1.807, 2.05) is 6.92 Å². The number of unbranched alkanes of at least 4 members (excludes halogenated alkanes) is 4. The molecule has 18 heavy (non-hydrogen) atoms. The summed E-state index contributed by atoms with van der Waals surface area (Å²) in [4.78, 5) is 0. The Kier molecular flexibility index (Phi) is 5.87. The first-order valence-corrected chi connectivity index (χ1v) is 7.27. The van der Waals surface area contributed by atoms with Gasteiger partial charge in [0.05, 0.1) is 5.60 Å². The summed E-state index contributed by atoms with van der Waals surface area (Å²) < 4.78 is 0. The van der Waals surface area contributed by atoms with E-state index in [0.29, 0.717) is 0 Å². The monoisotopic (exact) mass is 248 g/mol. The van der Waals surface area contributed by atoms with Crippen molar-refractivity contribution < 1.29 is 5.11 Å². The lowest BCUT2D eigenvalue weighted by Gasteiger charge is -2.26. The van der Waals surface area contributed by atoms with E-state index in [-0.39, 0.29) is 0 Å². The Hall–Kier alpha value is -0.820. The van der Waals surface area contributed by atoms with E-state index in [0.717, 1.165) is 18.4 Å². The van der Waals surface area contributed by atoms with Crippen LogP contribution in [-0.2, 0) is 5.60 Å². The second-order valence-corrected chi connectivity index (χ2v) is 5.76. The van der Waals surface area contributed by atoms with Crippen molar-refractivity contribution in [3.8, 4) is 0 Å². The minimum absolute atomic E-state index is 0.678. The van der Waals surface area contributed by atoms with Gasteiger partial charge in [-0.05, 0) is 38.3 Å². The van der Waals surface area contributed by atoms with Gasteiger partial charge in [0.25, 0.3) is 0 Å². The zero-order valence-electron chi connectivity index (χ0n) is 12.4. The molecule has 1 heteroatoms. The van der Waals surface area contributed by atoms with Crippen molar-refractivity contribution in [2.24, 2.45) is 0 Å². The third-order valence-electron chi connectivity index (χ3n) is 3.74. The Morgan fingerprint density at radius 1 is 1.06 bits per heavy atom. The zero-order valence-corrected chi connectivity index (χ0v) is 12.4. The molecule has 1 unspecified atom stereocenters. The Labute approximate surface area is 112 Å². The van der Waals surface area contributed by atoms with Crippen molar-refractivity contribution in [2.75, 3.05) is 0 Å². The fraction of sp³-hybridized carbons (Fsp3) is 0.647. The van der Waals surface area contributed by atoms with Crippen LogP contribution in [0.4, 0.5) is 0 Å². The maximum atomic E-state index is 10.6. The topological polar surface area (TPSA) is 20.2 Å². The van der Waals surface area contributed by atoms with Gasteiger partial charge in [-0.2, -0.15) is 0 Å². The quantitative estimate of drug-likeness (QED) is 0.682. The molecule has 1 rings (SSSR count). The van der Waals surface area contributed by atoms with E-state index in [1.54, 1.807) is 0 Å². The molecule has 0 amide bonds. The van der Waals surface area contributed by atoms with Crippen LogP contribution in [0.5, 0.6) is 0 Å². The summed E-state index contributed by atoms with van der Waals surface area (Å²) in [6.45, 7) is 8.35. The highest BCUT2D eigenvalue weighted by molar-refractivity contribution is 5.34. The second-order valence-electron chi connectivity index (χ2n) is 5.76. The van der Waals surface area contributed by atoms with Crippen molar-refractivity contribution in [1.82, 2.24) is 0 Å². The fourth-order valence-corrected chi connectivity index (χ4v) is 2.52. The van der Waals surface area contributed by atoms with Crippen molar-refractivity contribution in [2.45, 2.75) is 71.8 Å². The number of hydrogen-bond donors (Lipinski definition) is 1. The molecular weight excluding hydrogens is 220 g/mol. The van der Waals surface area contributed by atoms with Crippen molar-refractivity contribution in [3.63, 3.8) is 0 Å². The smallest absolute Gasteiger partial charge is 0.0871 e. The second kappa shape index (κ2) is 6.94. The standard InChI is InChI=1S/C17H28O/c1-5-6-7-8-9-12-17(4,18)16-13-14(2)10-11-15(16)3/h10-11,13,18H,5-9,12H2,1-4H3. The lowest BCUT2D eigenvalue weighted by Crippen LogP contribution is -2.22. The van der Waals surface area contributed by atoms with Gasteiger partial charge in [0, 0.05) is 0 Å². The van der Waals surface area contributed by atoms with E-state index in [9.17, 15) is 5.11 Å². The Bertz CT molecular complexity index is 366. The molecule has 0 aliphatic carbocycles. The molecule has 0 radical (unpaired) electrons. The van der Waals surface area contributed by atoms with E-state index < -0.39 is 5.60 Å². The molecular formula is C17H28O. The van der Waals surface area contributed by atoms with Gasteiger partial charge in [-0.3, -0.25) is 0 Å². The first-order valence-electron chi connectivity index (χ1n) is 7.27. The van der Waals surface area contributed by atoms with Crippen LogP contribution in [0, 0.1) is 13.8 Å². The van der Waals surface area contributed by atoms with Crippen molar-refractivity contribution in [1.29, 1.82) is 0 Å². The molecule has 1 nitrogen and oxygen atoms in total. The normalized spacial score (nSPS) is 14.5. The van der Waals surface area contributed by atoms with E-state index in [4.69, 9.17) is 0 Å². The van der Waals surface area contributed by atoms with Crippen molar-refractivity contribution >= 4 is 0 Å². The van der Waals surface area contributed by atoms with Crippen LogP contribution in [0.25, 0.3) is 0 Å². The maximum Gasteiger partial charge on any atom is 0.0871 e. The summed E-state index contributed by atoms with van der Waals surface area (Å²) in [5.41, 5.74) is 2.83. The largest absolute Gasteiger partial charge is 0.385 e. The van der Waals surface area contributed by atoms with Gasteiger partial charge in [-0.25, -0.2) is 0 Å². The summed E-state index contributed by atoms with van der Waals surface area (Å²) in [6, 6.07) is 6.34. The van der Waals surface area contributed by atoms with Gasteiger partial charge >= 0.3 is 0 Å². The lowest BCUT2D eigenvalue weighted by atomic mass is 9.86. The van der Waals surface area contributed by atoms with Crippen molar-refractivity contribution in [3.05, 3.63) is 34.9 Å². The maximum absolute atomic E-state index is 10.6. The van der Waals surface area contributed by atoms with Crippen LogP contribution < -0.4 is 0 Å². The van der Waals surface area contributed by atoms with E-state index >= 15 is 0 Å². The minimum atomic E-state index is -0.678. The molecule has 1 aromatic rings. The summed E-state index contributed by atoms with van der Waals surface area (Å²) >= 11 is 0. The summed E-state index contributed by atoms with van der Waals surface area (Å²) in [7, 11) is 0. The number of rotatable bonds is 7. The van der Waals surface area contributed by atoms with Gasteiger partial charge in [0.15, 0.2) is 0 Å². The van der Waals surface area contributed by atoms with E-state index in [1.165, 1.54) is 36.8 Å². The molecule has 1 aromatic carbocycles. The third-order valence-corrected chi connectivity index (χ3v) is 3.74. The van der Waals surface area contributed by atoms with Crippen LogP contribution in [0.15, 0.2) is 18.2 Å². The van der Waals surface area contributed by atoms with Crippen LogP contribution in [0.3, 0.4) is 0 Å². The van der Waals surface area contributed by atoms with E-state index in [2.05, 4.69) is 39.0 Å². The molecule has 0 aromatic heterocycles. The first-order chi connectivity index (χ1) is 8.47. The molecule has 0 saturated carbocycles. The third kappa shape index (κ3) is 4.45. The molecule has 0 aliphatic rings. The summed E-state index contributed by atoms with van der Waals surface area (Å²) in [5, 5.41) is 10.6. The van der Waals surface area contributed by atoms with Gasteiger partial charge in [0.2, 0.25) is 0 Å². The number of aliphatic hydroxyl groups is 1. The number of aryl methyl sites for hydroxylation is 2. The fourth-order valence-electron chi connectivity index (χ4n) is 2.52. The molecule has 0 heterocycles. The molecule has 0 spiro atoms. The highest BCUT2D eigenvalue weighted by Gasteiger charge is 2.24. The molecule has 0 bridgehead atoms. The van der Waals surface area contributed by atoms with Gasteiger partial charge in [0.1, 0.15) is 0 Å². The Morgan fingerprint density at radius 3 is 2.39 bits per heavy atom. The summed E-state index contributed by atoms with van der Waals surface area (Å²) in [5.74, 6) is 0. The van der Waals surface area contributed by atoms with Gasteiger partial charge in [-0.15, -0.1) is 0 Å². The van der Waals surface area contributed by atoms with Gasteiger partial charge < -0.3 is 5.11 Å². The first kappa shape index (κ1) is 15.2. The van der Waals surface area contributed by atoms with Crippen LogP contribution in [0.1, 0.15) is 69.1 Å². The molecule has 102 valence electrons. The predicted molar refractivity (Wildman–Crippen MR) is 78.9 cm³/mol. The summed E-state index contributed by atoms with van der Waals surface area (Å²) in [6.07, 6.45) is 7.08. The minimum Gasteiger partial charge on any atom is -0.385 e. The van der Waals surface area contributed by atoms with Gasteiger partial charge in [-0.1, -0.05) is 62.8 Å². The van der Waals surface area contributed by atoms with Crippen LogP contribution >= 0.6 is 0 Å². The zero-order chi connectivity index (χ0) is 13.6. The molecule has 0 fully saturated rings. The lowest BCUT2D eigenvalue weighted by molar-refractivity contribution is 0.0441. The highest BCUT2D eigenvalue weighted by Crippen LogP contribution is 2.30. The average Bonchev–Trinajstić information content (AvgIpc) is 2.32. The average molecular weight is 248 g/mol. The predicted octanol–water partition coefficient (Wildman–Crippen LogP) is 4.87. The molecule has 1 N–H and O–H groups in total. The molecule has 0 aliphatic heterocycles. The van der Waals surface area contributed by atoms with Crippen LogP contribution in [-0.4, -0.2) is 5.11 Å². The number of benzene rings is 1. The molecule has 0 saturated heterocycles. The highest BCUT2D eigenvalue weighted by atomic mass is 16.3. The number of hydrogen-bond acceptors (Lipinski definition) is 1. The molecule has 1 atom stereocenters. The SMILES string of the molecule is CCCCCCCC(C)(O)c1cc(C)ccc1C. The Balaban J connectivity index is 2.59.